The van der Waals surface area contributed by atoms with E-state index in [0.29, 0.717) is 36.8 Å². The summed E-state index contributed by atoms with van der Waals surface area (Å²) in [5.74, 6) is 1.23. The normalized spacial score (nSPS) is 14.7. The third kappa shape index (κ3) is 5.72. The van der Waals surface area contributed by atoms with Crippen LogP contribution in [0.5, 0.6) is 11.6 Å². The molecule has 1 saturated heterocycles. The molecule has 2 aromatic heterocycles. The van der Waals surface area contributed by atoms with E-state index in [1.165, 1.54) is 6.92 Å². The predicted molar refractivity (Wildman–Crippen MR) is 130 cm³/mol. The average Bonchev–Trinajstić information content (AvgIpc) is 3.26. The minimum atomic E-state index is -0.528. The molecule has 0 spiro atoms. The van der Waals surface area contributed by atoms with Gasteiger partial charge in [0.1, 0.15) is 18.0 Å². The number of likely N-dealkylation sites (tertiary alicyclic amines) is 1. The minimum absolute atomic E-state index is 0.106. The lowest BCUT2D eigenvalue weighted by atomic mass is 9.93. The fourth-order valence-electron chi connectivity index (χ4n) is 4.14. The maximum Gasteiger partial charge on any atom is 0.410 e. The van der Waals surface area contributed by atoms with E-state index in [1.807, 2.05) is 51.1 Å². The molecule has 0 N–H and O–H groups in total. The number of Topliss-reactive ketones (excluding diaryl/α,β-unsaturated/α-hetero) is 1. The van der Waals surface area contributed by atoms with Crippen LogP contribution in [0.1, 0.15) is 68.1 Å². The number of fused-ring (bicyclic) bond motifs is 1. The van der Waals surface area contributed by atoms with Gasteiger partial charge in [-0.15, -0.1) is 0 Å². The summed E-state index contributed by atoms with van der Waals surface area (Å²) in [6.45, 7) is 8.57. The van der Waals surface area contributed by atoms with Crippen LogP contribution in [0.15, 0.2) is 36.5 Å². The number of ether oxygens (including phenoxy) is 3. The lowest BCUT2D eigenvalue weighted by Gasteiger charge is -2.33. The molecule has 0 aliphatic carbocycles. The Morgan fingerprint density at radius 3 is 2.40 bits per heavy atom. The third-order valence-electron chi connectivity index (χ3n) is 5.97. The van der Waals surface area contributed by atoms with Gasteiger partial charge in [-0.3, -0.25) is 4.79 Å². The van der Waals surface area contributed by atoms with Crippen molar-refractivity contribution in [1.82, 2.24) is 19.5 Å². The molecule has 0 atom stereocenters. The molecule has 35 heavy (non-hydrogen) atoms. The topological polar surface area (TPSA) is 95.3 Å². The zero-order valence-electron chi connectivity index (χ0n) is 20.9. The summed E-state index contributed by atoms with van der Waals surface area (Å²) in [5, 5.41) is 4.45. The van der Waals surface area contributed by atoms with Crippen LogP contribution >= 0.6 is 0 Å². The van der Waals surface area contributed by atoms with E-state index in [0.717, 1.165) is 29.8 Å². The lowest BCUT2D eigenvalue weighted by molar-refractivity contribution is 0.0203. The molecule has 1 aliphatic rings. The smallest absolute Gasteiger partial charge is 0.410 e. The number of carbonyl (C=O) groups excluding carboxylic acids is 2. The Morgan fingerprint density at radius 2 is 1.80 bits per heavy atom. The van der Waals surface area contributed by atoms with E-state index in [1.54, 1.807) is 22.7 Å². The van der Waals surface area contributed by atoms with Gasteiger partial charge in [-0.2, -0.15) is 10.1 Å². The number of ketones is 1. The zero-order valence-corrected chi connectivity index (χ0v) is 20.9. The van der Waals surface area contributed by atoms with Crippen LogP contribution in [0.3, 0.4) is 0 Å². The van der Waals surface area contributed by atoms with E-state index in [-0.39, 0.29) is 17.8 Å². The van der Waals surface area contributed by atoms with Gasteiger partial charge in [-0.05, 0) is 58.2 Å². The number of methoxy groups -OCH3 is 1. The first-order chi connectivity index (χ1) is 16.6. The molecule has 186 valence electrons. The highest BCUT2D eigenvalue weighted by Crippen LogP contribution is 2.31. The maximum atomic E-state index is 12.5. The summed E-state index contributed by atoms with van der Waals surface area (Å²) < 4.78 is 18.5. The van der Waals surface area contributed by atoms with E-state index in [9.17, 15) is 9.59 Å². The standard InChI is InChI=1S/C26H32N4O5/c1-17(31)21-15-27-30-22(19-10-12-29(13-11-19)25(32)35-26(2,3)4)14-23(28-24(21)30)34-16-18-6-8-20(33-5)9-7-18/h6-9,14-15,19H,10-13,16H2,1-5H3. The molecule has 0 unspecified atom stereocenters. The van der Waals surface area contributed by atoms with Gasteiger partial charge < -0.3 is 19.1 Å². The lowest BCUT2D eigenvalue weighted by Crippen LogP contribution is -2.41. The van der Waals surface area contributed by atoms with Crippen molar-refractivity contribution in [1.29, 1.82) is 0 Å². The number of aromatic nitrogens is 3. The van der Waals surface area contributed by atoms with Gasteiger partial charge in [0.25, 0.3) is 0 Å². The van der Waals surface area contributed by atoms with Crippen molar-refractivity contribution >= 4 is 17.5 Å². The number of hydrogen-bond acceptors (Lipinski definition) is 7. The molecule has 3 heterocycles. The van der Waals surface area contributed by atoms with Crippen LogP contribution in [0.4, 0.5) is 4.79 Å². The van der Waals surface area contributed by atoms with Crippen molar-refractivity contribution in [2.24, 2.45) is 0 Å². The molecule has 3 aromatic rings. The van der Waals surface area contributed by atoms with Crippen LogP contribution in [-0.4, -0.2) is 57.2 Å². The number of carbonyl (C=O) groups is 2. The largest absolute Gasteiger partial charge is 0.497 e. The Bertz CT molecular complexity index is 1200. The number of rotatable bonds is 6. The van der Waals surface area contributed by atoms with Crippen molar-refractivity contribution < 1.29 is 23.8 Å². The molecule has 1 aliphatic heterocycles. The molecule has 9 nitrogen and oxygen atoms in total. The van der Waals surface area contributed by atoms with Crippen molar-refractivity contribution in [3.05, 3.63) is 53.3 Å². The Kier molecular flexibility index (Phi) is 6.95. The van der Waals surface area contributed by atoms with Crippen LogP contribution in [0.2, 0.25) is 0 Å². The highest BCUT2D eigenvalue weighted by atomic mass is 16.6. The van der Waals surface area contributed by atoms with Gasteiger partial charge in [0.15, 0.2) is 11.4 Å². The van der Waals surface area contributed by atoms with Crippen molar-refractivity contribution in [2.45, 2.75) is 58.7 Å². The number of nitrogens with zero attached hydrogens (tertiary/aromatic N) is 4. The van der Waals surface area contributed by atoms with Gasteiger partial charge >= 0.3 is 6.09 Å². The first kappa shape index (κ1) is 24.5. The van der Waals surface area contributed by atoms with Gasteiger partial charge in [-0.25, -0.2) is 9.31 Å². The summed E-state index contributed by atoms with van der Waals surface area (Å²) in [5.41, 5.74) is 2.29. The fourth-order valence-corrected chi connectivity index (χ4v) is 4.14. The van der Waals surface area contributed by atoms with Crippen LogP contribution in [0, 0.1) is 0 Å². The molecule has 1 fully saturated rings. The third-order valence-corrected chi connectivity index (χ3v) is 5.97. The molecule has 9 heteroatoms. The van der Waals surface area contributed by atoms with Crippen molar-refractivity contribution in [2.75, 3.05) is 20.2 Å². The quantitative estimate of drug-likeness (QED) is 0.475. The SMILES string of the molecule is COc1ccc(COc2cc(C3CCN(C(=O)OC(C)(C)C)CC3)n3ncc(C(C)=O)c3n2)cc1. The van der Waals surface area contributed by atoms with Crippen LogP contribution in [-0.2, 0) is 11.3 Å². The monoisotopic (exact) mass is 480 g/mol. The van der Waals surface area contributed by atoms with Gasteiger partial charge in [0.2, 0.25) is 5.88 Å². The van der Waals surface area contributed by atoms with E-state index in [4.69, 9.17) is 14.2 Å². The second-order valence-electron chi connectivity index (χ2n) is 9.75. The summed E-state index contributed by atoms with van der Waals surface area (Å²) in [7, 11) is 1.63. The predicted octanol–water partition coefficient (Wildman–Crippen LogP) is 4.63. The van der Waals surface area contributed by atoms with Crippen LogP contribution in [0.25, 0.3) is 5.65 Å². The van der Waals surface area contributed by atoms with E-state index >= 15 is 0 Å². The molecule has 0 bridgehead atoms. The highest BCUT2D eigenvalue weighted by molar-refractivity contribution is 5.99. The van der Waals surface area contributed by atoms with E-state index in [2.05, 4.69) is 10.1 Å². The Hall–Kier alpha value is -3.62. The Morgan fingerprint density at radius 1 is 1.11 bits per heavy atom. The number of benzene rings is 1. The molecule has 0 saturated carbocycles. The van der Waals surface area contributed by atoms with Crippen LogP contribution < -0.4 is 9.47 Å². The van der Waals surface area contributed by atoms with Crippen molar-refractivity contribution in [3.63, 3.8) is 0 Å². The second-order valence-corrected chi connectivity index (χ2v) is 9.75. The van der Waals surface area contributed by atoms with Gasteiger partial charge in [0.05, 0.1) is 24.6 Å². The summed E-state index contributed by atoms with van der Waals surface area (Å²) in [6.07, 6.45) is 2.74. The van der Waals surface area contributed by atoms with Gasteiger partial charge in [0, 0.05) is 25.1 Å². The maximum absolute atomic E-state index is 12.5. The second kappa shape index (κ2) is 9.93. The number of hydrogen-bond donors (Lipinski definition) is 0. The average molecular weight is 481 g/mol. The first-order valence-corrected chi connectivity index (χ1v) is 11.8. The molecule has 4 rings (SSSR count). The van der Waals surface area contributed by atoms with Gasteiger partial charge in [-0.1, -0.05) is 12.1 Å². The molecular formula is C26H32N4O5. The molecule has 1 amide bonds. The van der Waals surface area contributed by atoms with Crippen molar-refractivity contribution in [3.8, 4) is 11.6 Å². The van der Waals surface area contributed by atoms with E-state index < -0.39 is 5.60 Å². The fraction of sp³-hybridized carbons (Fsp3) is 0.462. The summed E-state index contributed by atoms with van der Waals surface area (Å²) in [6, 6.07) is 9.52. The number of amides is 1. The summed E-state index contributed by atoms with van der Waals surface area (Å²) >= 11 is 0. The molecule has 0 radical (unpaired) electrons. The minimum Gasteiger partial charge on any atom is -0.497 e. The Balaban J connectivity index is 1.56. The molecule has 1 aromatic carbocycles. The summed E-state index contributed by atoms with van der Waals surface area (Å²) in [4.78, 5) is 31.0. The zero-order chi connectivity index (χ0) is 25.2. The highest BCUT2D eigenvalue weighted by Gasteiger charge is 2.29. The first-order valence-electron chi connectivity index (χ1n) is 11.8. The molecular weight excluding hydrogens is 448 g/mol. The Labute approximate surface area is 205 Å². The number of piperidine rings is 1.